The molecule has 2 aromatic carbocycles. The van der Waals surface area contributed by atoms with Crippen LogP contribution in [0, 0.1) is 5.82 Å². The number of amides is 1. The van der Waals surface area contributed by atoms with Gasteiger partial charge in [0.1, 0.15) is 11.6 Å². The second-order valence-electron chi connectivity index (χ2n) is 7.02. The van der Waals surface area contributed by atoms with E-state index in [1.807, 2.05) is 30.3 Å². The number of rotatable bonds is 9. The Kier molecular flexibility index (Phi) is 6.76. The van der Waals surface area contributed by atoms with Crippen molar-refractivity contribution < 1.29 is 13.9 Å². The van der Waals surface area contributed by atoms with Crippen molar-refractivity contribution >= 4 is 5.91 Å². The maximum Gasteiger partial charge on any atom is 0.220 e. The molecule has 0 fully saturated rings. The molecular formula is C23H21FN6O2. The second kappa shape index (κ2) is 10.3. The average Bonchev–Trinajstić information content (AvgIpc) is 3.28. The third-order valence-corrected chi connectivity index (χ3v) is 4.55. The molecule has 2 heterocycles. The first-order valence-electron chi connectivity index (χ1n) is 10.1. The number of aryl methyl sites for hydroxylation is 1. The summed E-state index contributed by atoms with van der Waals surface area (Å²) in [6.07, 6.45) is 2.55. The fourth-order valence-electron chi connectivity index (χ4n) is 2.94. The first-order chi connectivity index (χ1) is 15.7. The lowest BCUT2D eigenvalue weighted by Gasteiger charge is -2.07. The third kappa shape index (κ3) is 5.94. The van der Waals surface area contributed by atoms with Crippen molar-refractivity contribution in [1.29, 1.82) is 0 Å². The first kappa shape index (κ1) is 21.1. The van der Waals surface area contributed by atoms with Gasteiger partial charge in [-0.1, -0.05) is 42.5 Å². The van der Waals surface area contributed by atoms with Gasteiger partial charge >= 0.3 is 0 Å². The van der Waals surface area contributed by atoms with Gasteiger partial charge in [0.25, 0.3) is 0 Å². The van der Waals surface area contributed by atoms with Gasteiger partial charge in [-0.3, -0.25) is 4.79 Å². The van der Waals surface area contributed by atoms with Crippen molar-refractivity contribution in [2.75, 3.05) is 0 Å². The van der Waals surface area contributed by atoms with E-state index < -0.39 is 0 Å². The molecule has 0 aliphatic heterocycles. The fraction of sp³-hybridized carbons (Fsp3) is 0.174. The number of nitrogens with zero attached hydrogens (tertiary/aromatic N) is 5. The van der Waals surface area contributed by atoms with E-state index in [0.717, 1.165) is 11.1 Å². The summed E-state index contributed by atoms with van der Waals surface area (Å²) in [7, 11) is 0. The number of hydrogen-bond acceptors (Lipinski definition) is 6. The van der Waals surface area contributed by atoms with Crippen LogP contribution < -0.4 is 10.1 Å². The predicted molar refractivity (Wildman–Crippen MR) is 115 cm³/mol. The molecule has 0 saturated carbocycles. The van der Waals surface area contributed by atoms with Crippen LogP contribution in [0.15, 0.2) is 72.9 Å². The minimum atomic E-state index is -0.377. The monoisotopic (exact) mass is 432 g/mol. The molecule has 0 unspecified atom stereocenters. The zero-order valence-corrected chi connectivity index (χ0v) is 17.2. The van der Waals surface area contributed by atoms with E-state index in [9.17, 15) is 9.18 Å². The molecule has 2 aromatic heterocycles. The Balaban J connectivity index is 1.18. The van der Waals surface area contributed by atoms with Crippen LogP contribution in [-0.4, -0.2) is 31.1 Å². The largest absolute Gasteiger partial charge is 0.439 e. The Morgan fingerprint density at radius 2 is 1.94 bits per heavy atom. The molecule has 4 aromatic rings. The van der Waals surface area contributed by atoms with Crippen molar-refractivity contribution in [3.8, 4) is 23.0 Å². The first-order valence-corrected chi connectivity index (χ1v) is 10.1. The number of benzene rings is 2. The summed E-state index contributed by atoms with van der Waals surface area (Å²) < 4.78 is 18.7. The maximum atomic E-state index is 13.2. The fourth-order valence-corrected chi connectivity index (χ4v) is 2.94. The van der Waals surface area contributed by atoms with Gasteiger partial charge < -0.3 is 10.1 Å². The van der Waals surface area contributed by atoms with Gasteiger partial charge in [-0.25, -0.2) is 9.37 Å². The molecule has 0 aliphatic carbocycles. The van der Waals surface area contributed by atoms with Crippen LogP contribution in [0.2, 0.25) is 0 Å². The summed E-state index contributed by atoms with van der Waals surface area (Å²) >= 11 is 0. The molecule has 0 atom stereocenters. The van der Waals surface area contributed by atoms with Gasteiger partial charge in [0.05, 0.1) is 6.54 Å². The van der Waals surface area contributed by atoms with E-state index in [1.165, 1.54) is 16.9 Å². The average molecular weight is 432 g/mol. The van der Waals surface area contributed by atoms with E-state index in [4.69, 9.17) is 4.74 Å². The predicted octanol–water partition coefficient (Wildman–Crippen LogP) is 3.76. The molecule has 162 valence electrons. The van der Waals surface area contributed by atoms with Crippen molar-refractivity contribution in [1.82, 2.24) is 30.5 Å². The van der Waals surface area contributed by atoms with E-state index in [0.29, 0.717) is 43.4 Å². The lowest BCUT2D eigenvalue weighted by atomic mass is 10.2. The number of tetrazole rings is 1. The van der Waals surface area contributed by atoms with Gasteiger partial charge in [-0.2, -0.15) is 4.80 Å². The minimum Gasteiger partial charge on any atom is -0.439 e. The number of aromatic nitrogens is 5. The highest BCUT2D eigenvalue weighted by atomic mass is 19.1. The summed E-state index contributed by atoms with van der Waals surface area (Å²) in [6, 6.07) is 18.9. The number of carbonyl (C=O) groups excluding carboxylic acids is 1. The second-order valence-corrected chi connectivity index (χ2v) is 7.02. The molecule has 32 heavy (non-hydrogen) atoms. The standard InChI is InChI=1S/C23H21FN6O2/c24-19-8-4-9-20(14-19)32-22-12-11-17(16-26-22)15-25-21(31)10-5-13-30-28-23(27-29-30)18-6-2-1-3-7-18/h1-4,6-9,11-12,14,16H,5,10,13,15H2,(H,25,31). The van der Waals surface area contributed by atoms with Crippen molar-refractivity contribution in [3.05, 3.63) is 84.3 Å². The summed E-state index contributed by atoms with van der Waals surface area (Å²) in [4.78, 5) is 17.8. The molecule has 0 spiro atoms. The van der Waals surface area contributed by atoms with Gasteiger partial charge in [-0.15, -0.1) is 10.2 Å². The molecule has 9 heteroatoms. The number of hydrogen-bond donors (Lipinski definition) is 1. The van der Waals surface area contributed by atoms with Crippen LogP contribution in [0.3, 0.4) is 0 Å². The van der Waals surface area contributed by atoms with E-state index >= 15 is 0 Å². The highest BCUT2D eigenvalue weighted by molar-refractivity contribution is 5.75. The number of pyridine rings is 1. The van der Waals surface area contributed by atoms with Crippen LogP contribution in [0.25, 0.3) is 11.4 Å². The van der Waals surface area contributed by atoms with E-state index in [2.05, 4.69) is 25.7 Å². The molecule has 1 N–H and O–H groups in total. The molecular weight excluding hydrogens is 411 g/mol. The van der Waals surface area contributed by atoms with Crippen molar-refractivity contribution in [3.63, 3.8) is 0 Å². The zero-order chi connectivity index (χ0) is 22.2. The Hall–Kier alpha value is -4.14. The highest BCUT2D eigenvalue weighted by Gasteiger charge is 2.07. The van der Waals surface area contributed by atoms with Crippen LogP contribution in [0.1, 0.15) is 18.4 Å². The molecule has 4 rings (SSSR count). The quantitative estimate of drug-likeness (QED) is 0.433. The molecule has 0 radical (unpaired) electrons. The Morgan fingerprint density at radius 1 is 1.06 bits per heavy atom. The summed E-state index contributed by atoms with van der Waals surface area (Å²) in [6.45, 7) is 0.854. The van der Waals surface area contributed by atoms with Crippen LogP contribution >= 0.6 is 0 Å². The lowest BCUT2D eigenvalue weighted by molar-refractivity contribution is -0.121. The molecule has 0 bridgehead atoms. The normalized spacial score (nSPS) is 10.7. The summed E-state index contributed by atoms with van der Waals surface area (Å²) in [5.74, 6) is 0.830. The number of carbonyl (C=O) groups is 1. The number of halogens is 1. The van der Waals surface area contributed by atoms with Crippen molar-refractivity contribution in [2.24, 2.45) is 0 Å². The summed E-state index contributed by atoms with van der Waals surface area (Å²) in [5, 5.41) is 15.3. The van der Waals surface area contributed by atoms with Gasteiger partial charge in [0.15, 0.2) is 0 Å². The third-order valence-electron chi connectivity index (χ3n) is 4.55. The van der Waals surface area contributed by atoms with E-state index in [1.54, 1.807) is 30.5 Å². The topological polar surface area (TPSA) is 94.8 Å². The highest BCUT2D eigenvalue weighted by Crippen LogP contribution is 2.20. The van der Waals surface area contributed by atoms with Crippen LogP contribution in [0.4, 0.5) is 4.39 Å². The van der Waals surface area contributed by atoms with Crippen LogP contribution in [-0.2, 0) is 17.9 Å². The Labute approximate surface area is 184 Å². The SMILES string of the molecule is O=C(CCCn1nnc(-c2ccccc2)n1)NCc1ccc(Oc2cccc(F)c2)nc1. The zero-order valence-electron chi connectivity index (χ0n) is 17.2. The lowest BCUT2D eigenvalue weighted by Crippen LogP contribution is -2.23. The van der Waals surface area contributed by atoms with Crippen LogP contribution in [0.5, 0.6) is 11.6 Å². The maximum absolute atomic E-state index is 13.2. The summed E-state index contributed by atoms with van der Waals surface area (Å²) in [5.41, 5.74) is 1.73. The molecule has 1 amide bonds. The minimum absolute atomic E-state index is 0.0755. The number of nitrogens with one attached hydrogen (secondary N) is 1. The van der Waals surface area contributed by atoms with Gasteiger partial charge in [0, 0.05) is 36.9 Å². The molecule has 0 aliphatic rings. The van der Waals surface area contributed by atoms with Gasteiger partial charge in [0.2, 0.25) is 17.6 Å². The van der Waals surface area contributed by atoms with Crippen molar-refractivity contribution in [2.45, 2.75) is 25.9 Å². The Morgan fingerprint density at radius 3 is 2.72 bits per heavy atom. The number of ether oxygens (including phenoxy) is 1. The smallest absolute Gasteiger partial charge is 0.220 e. The molecule has 0 saturated heterocycles. The molecule has 8 nitrogen and oxygen atoms in total. The van der Waals surface area contributed by atoms with Gasteiger partial charge in [-0.05, 0) is 29.3 Å². The van der Waals surface area contributed by atoms with E-state index in [-0.39, 0.29) is 11.7 Å². The Bertz CT molecular complexity index is 1160.